The number of rotatable bonds is 7. The predicted octanol–water partition coefficient (Wildman–Crippen LogP) is 2.99. The Bertz CT molecular complexity index is 861. The zero-order valence-corrected chi connectivity index (χ0v) is 14.7. The molecular weight excluding hydrogens is 332 g/mol. The number of nitrogens with zero attached hydrogens (tertiary/aromatic N) is 3. The van der Waals surface area contributed by atoms with Gasteiger partial charge in [0.05, 0.1) is 12.3 Å². The second kappa shape index (κ2) is 8.15. The van der Waals surface area contributed by atoms with E-state index in [4.69, 9.17) is 9.47 Å². The van der Waals surface area contributed by atoms with Crippen molar-refractivity contribution in [2.24, 2.45) is 0 Å². The Kier molecular flexibility index (Phi) is 5.48. The van der Waals surface area contributed by atoms with Crippen LogP contribution in [0.25, 0.3) is 5.69 Å². The minimum atomic E-state index is -0.246. The van der Waals surface area contributed by atoms with E-state index in [1.807, 2.05) is 44.2 Å². The first-order valence-electron chi connectivity index (χ1n) is 8.27. The van der Waals surface area contributed by atoms with Crippen LogP contribution in [-0.2, 0) is 4.79 Å². The summed E-state index contributed by atoms with van der Waals surface area (Å²) in [7, 11) is 0. The standard InChI is InChI=1S/C19H20N4O3/c1-3-25-16-7-5-15(6-8-16)22-19(24)11-26-18-9-4-14(2)10-17(18)23-12-20-21-13-23/h4-10,12-13H,3,11H2,1-2H3,(H,22,24). The molecule has 3 aromatic rings. The molecule has 0 radical (unpaired) electrons. The van der Waals surface area contributed by atoms with E-state index in [1.54, 1.807) is 29.4 Å². The van der Waals surface area contributed by atoms with Crippen LogP contribution in [0.3, 0.4) is 0 Å². The van der Waals surface area contributed by atoms with E-state index >= 15 is 0 Å². The van der Waals surface area contributed by atoms with Gasteiger partial charge in [-0.15, -0.1) is 10.2 Å². The van der Waals surface area contributed by atoms with Crippen molar-refractivity contribution < 1.29 is 14.3 Å². The molecule has 1 heterocycles. The van der Waals surface area contributed by atoms with Gasteiger partial charge in [-0.05, 0) is 55.8 Å². The molecule has 0 spiro atoms. The molecule has 1 N–H and O–H groups in total. The molecule has 3 rings (SSSR count). The normalized spacial score (nSPS) is 10.4. The highest BCUT2D eigenvalue weighted by molar-refractivity contribution is 5.91. The van der Waals surface area contributed by atoms with E-state index in [0.717, 1.165) is 17.0 Å². The average molecular weight is 352 g/mol. The molecule has 1 amide bonds. The maximum absolute atomic E-state index is 12.2. The lowest BCUT2D eigenvalue weighted by Crippen LogP contribution is -2.20. The van der Waals surface area contributed by atoms with Crippen LogP contribution in [0, 0.1) is 6.92 Å². The van der Waals surface area contributed by atoms with Gasteiger partial charge in [-0.3, -0.25) is 9.36 Å². The molecule has 0 unspecified atom stereocenters. The van der Waals surface area contributed by atoms with Crippen molar-refractivity contribution in [3.63, 3.8) is 0 Å². The number of benzene rings is 2. The summed E-state index contributed by atoms with van der Waals surface area (Å²) in [6, 6.07) is 12.9. The first kappa shape index (κ1) is 17.5. The van der Waals surface area contributed by atoms with E-state index in [9.17, 15) is 4.79 Å². The molecule has 0 aliphatic rings. The van der Waals surface area contributed by atoms with Crippen molar-refractivity contribution in [1.82, 2.24) is 14.8 Å². The van der Waals surface area contributed by atoms with E-state index in [-0.39, 0.29) is 12.5 Å². The second-order valence-corrected chi connectivity index (χ2v) is 5.63. The van der Waals surface area contributed by atoms with Crippen LogP contribution in [0.2, 0.25) is 0 Å². The van der Waals surface area contributed by atoms with Gasteiger partial charge in [-0.2, -0.15) is 0 Å². The third-order valence-electron chi connectivity index (χ3n) is 3.62. The summed E-state index contributed by atoms with van der Waals surface area (Å²) < 4.78 is 12.8. The number of carbonyl (C=O) groups excluding carboxylic acids is 1. The molecule has 0 saturated carbocycles. The number of aromatic nitrogens is 3. The Morgan fingerprint density at radius 1 is 1.08 bits per heavy atom. The largest absolute Gasteiger partial charge is 0.494 e. The molecule has 0 fully saturated rings. The van der Waals surface area contributed by atoms with Crippen LogP contribution < -0.4 is 14.8 Å². The molecule has 0 saturated heterocycles. The number of aryl methyl sites for hydroxylation is 1. The van der Waals surface area contributed by atoms with Gasteiger partial charge in [0.1, 0.15) is 24.2 Å². The number of hydrogen-bond donors (Lipinski definition) is 1. The average Bonchev–Trinajstić information content (AvgIpc) is 3.17. The number of carbonyl (C=O) groups is 1. The lowest BCUT2D eigenvalue weighted by atomic mass is 10.2. The van der Waals surface area contributed by atoms with Crippen molar-refractivity contribution in [3.8, 4) is 17.2 Å². The summed E-state index contributed by atoms with van der Waals surface area (Å²) in [5.74, 6) is 1.10. The number of amides is 1. The molecule has 0 aliphatic heterocycles. The minimum absolute atomic E-state index is 0.106. The smallest absolute Gasteiger partial charge is 0.262 e. The fraction of sp³-hybridized carbons (Fsp3) is 0.211. The van der Waals surface area contributed by atoms with Gasteiger partial charge in [0, 0.05) is 5.69 Å². The van der Waals surface area contributed by atoms with Gasteiger partial charge >= 0.3 is 0 Å². The number of ether oxygens (including phenoxy) is 2. The van der Waals surface area contributed by atoms with Crippen LogP contribution in [0.4, 0.5) is 5.69 Å². The molecule has 1 aromatic heterocycles. The highest BCUT2D eigenvalue weighted by Gasteiger charge is 2.10. The third-order valence-corrected chi connectivity index (χ3v) is 3.62. The van der Waals surface area contributed by atoms with E-state index in [0.29, 0.717) is 18.0 Å². The van der Waals surface area contributed by atoms with Crippen molar-refractivity contribution in [1.29, 1.82) is 0 Å². The summed E-state index contributed by atoms with van der Waals surface area (Å²) in [6.07, 6.45) is 3.17. The topological polar surface area (TPSA) is 78.3 Å². The minimum Gasteiger partial charge on any atom is -0.494 e. The van der Waals surface area contributed by atoms with Crippen LogP contribution >= 0.6 is 0 Å². The number of nitrogens with one attached hydrogen (secondary N) is 1. The Balaban J connectivity index is 1.63. The lowest BCUT2D eigenvalue weighted by molar-refractivity contribution is -0.118. The van der Waals surface area contributed by atoms with Gasteiger partial charge in [0.15, 0.2) is 6.61 Å². The van der Waals surface area contributed by atoms with E-state index in [2.05, 4.69) is 15.5 Å². The highest BCUT2D eigenvalue weighted by atomic mass is 16.5. The van der Waals surface area contributed by atoms with Crippen molar-refractivity contribution in [3.05, 3.63) is 60.7 Å². The fourth-order valence-corrected chi connectivity index (χ4v) is 2.42. The molecule has 134 valence electrons. The molecular formula is C19H20N4O3. The van der Waals surface area contributed by atoms with E-state index < -0.39 is 0 Å². The molecule has 0 aliphatic carbocycles. The van der Waals surface area contributed by atoms with Crippen molar-refractivity contribution in [2.75, 3.05) is 18.5 Å². The molecule has 2 aromatic carbocycles. The van der Waals surface area contributed by atoms with Crippen LogP contribution in [0.5, 0.6) is 11.5 Å². The highest BCUT2D eigenvalue weighted by Crippen LogP contribution is 2.24. The third kappa shape index (κ3) is 4.38. The molecule has 0 atom stereocenters. The van der Waals surface area contributed by atoms with Crippen LogP contribution in [0.1, 0.15) is 12.5 Å². The number of anilines is 1. The Labute approximate surface area is 151 Å². The summed E-state index contributed by atoms with van der Waals surface area (Å²) in [4.78, 5) is 12.2. The maximum atomic E-state index is 12.2. The second-order valence-electron chi connectivity index (χ2n) is 5.63. The Morgan fingerprint density at radius 3 is 2.50 bits per heavy atom. The lowest BCUT2D eigenvalue weighted by Gasteiger charge is -2.13. The van der Waals surface area contributed by atoms with E-state index in [1.165, 1.54) is 0 Å². The summed E-state index contributed by atoms with van der Waals surface area (Å²) in [6.45, 7) is 4.40. The zero-order valence-electron chi connectivity index (χ0n) is 14.7. The zero-order chi connectivity index (χ0) is 18.4. The van der Waals surface area contributed by atoms with Gasteiger partial charge in [-0.1, -0.05) is 6.07 Å². The van der Waals surface area contributed by atoms with Gasteiger partial charge < -0.3 is 14.8 Å². The van der Waals surface area contributed by atoms with Crippen molar-refractivity contribution in [2.45, 2.75) is 13.8 Å². The Hall–Kier alpha value is -3.35. The van der Waals surface area contributed by atoms with Crippen molar-refractivity contribution >= 4 is 11.6 Å². The summed E-state index contributed by atoms with van der Waals surface area (Å²) in [5, 5.41) is 10.4. The number of hydrogen-bond acceptors (Lipinski definition) is 5. The van der Waals surface area contributed by atoms with Gasteiger partial charge in [-0.25, -0.2) is 0 Å². The summed E-state index contributed by atoms with van der Waals surface area (Å²) >= 11 is 0. The molecule has 26 heavy (non-hydrogen) atoms. The molecule has 0 bridgehead atoms. The first-order valence-corrected chi connectivity index (χ1v) is 8.27. The summed E-state index contributed by atoms with van der Waals surface area (Å²) in [5.41, 5.74) is 2.54. The van der Waals surface area contributed by atoms with Crippen LogP contribution in [-0.4, -0.2) is 33.9 Å². The Morgan fingerprint density at radius 2 is 1.81 bits per heavy atom. The van der Waals surface area contributed by atoms with Crippen LogP contribution in [0.15, 0.2) is 55.1 Å². The van der Waals surface area contributed by atoms with Gasteiger partial charge in [0.25, 0.3) is 5.91 Å². The maximum Gasteiger partial charge on any atom is 0.262 e. The SMILES string of the molecule is CCOc1ccc(NC(=O)COc2ccc(C)cc2-n2cnnc2)cc1. The first-order chi connectivity index (χ1) is 12.7. The quantitative estimate of drug-likeness (QED) is 0.707. The molecule has 7 nitrogen and oxygen atoms in total. The monoisotopic (exact) mass is 352 g/mol. The fourth-order valence-electron chi connectivity index (χ4n) is 2.42. The molecule has 7 heteroatoms. The predicted molar refractivity (Wildman–Crippen MR) is 97.8 cm³/mol. The van der Waals surface area contributed by atoms with Gasteiger partial charge in [0.2, 0.25) is 0 Å².